The van der Waals surface area contributed by atoms with Crippen molar-refractivity contribution in [3.05, 3.63) is 0 Å². The molecule has 0 aromatic heterocycles. The standard InChI is InChI=1S/C14H24N2O4/c1-3-5-6-11(4-2)10-20-13(18)7-8-16-9-12(17)15-14(16)19/h11H,3-10H2,1-2H3,(H,15,17,19). The van der Waals surface area contributed by atoms with E-state index in [1.807, 2.05) is 0 Å². The topological polar surface area (TPSA) is 75.7 Å². The van der Waals surface area contributed by atoms with Crippen molar-refractivity contribution in [3.63, 3.8) is 0 Å². The molecular weight excluding hydrogens is 260 g/mol. The molecule has 0 bridgehead atoms. The lowest BCUT2D eigenvalue weighted by Gasteiger charge is -2.16. The number of unbranched alkanes of at least 4 members (excludes halogenated alkanes) is 1. The Balaban J connectivity index is 2.19. The molecule has 0 saturated carbocycles. The highest BCUT2D eigenvalue weighted by Gasteiger charge is 2.26. The number of hydrogen-bond acceptors (Lipinski definition) is 4. The van der Waals surface area contributed by atoms with E-state index in [0.29, 0.717) is 12.5 Å². The maximum Gasteiger partial charge on any atom is 0.324 e. The first-order valence-corrected chi connectivity index (χ1v) is 7.31. The van der Waals surface area contributed by atoms with Crippen LogP contribution in [0, 0.1) is 5.92 Å². The van der Waals surface area contributed by atoms with Crippen molar-refractivity contribution in [2.45, 2.75) is 46.0 Å². The number of amides is 3. The summed E-state index contributed by atoms with van der Waals surface area (Å²) < 4.78 is 5.23. The number of ether oxygens (including phenoxy) is 1. The van der Waals surface area contributed by atoms with Crippen LogP contribution < -0.4 is 5.32 Å². The van der Waals surface area contributed by atoms with Crippen molar-refractivity contribution in [2.75, 3.05) is 19.7 Å². The van der Waals surface area contributed by atoms with Gasteiger partial charge in [-0.15, -0.1) is 0 Å². The quantitative estimate of drug-likeness (QED) is 0.516. The van der Waals surface area contributed by atoms with E-state index in [0.717, 1.165) is 25.7 Å². The number of hydrogen-bond donors (Lipinski definition) is 1. The number of esters is 1. The van der Waals surface area contributed by atoms with Crippen molar-refractivity contribution in [1.29, 1.82) is 0 Å². The second kappa shape index (κ2) is 8.55. The normalized spacial score (nSPS) is 16.2. The van der Waals surface area contributed by atoms with Crippen LogP contribution in [-0.4, -0.2) is 42.5 Å². The van der Waals surface area contributed by atoms with Crippen LogP contribution in [0.4, 0.5) is 4.79 Å². The number of nitrogens with zero attached hydrogens (tertiary/aromatic N) is 1. The van der Waals surface area contributed by atoms with E-state index in [1.54, 1.807) is 0 Å². The summed E-state index contributed by atoms with van der Waals surface area (Å²) in [6, 6.07) is -0.433. The molecule has 0 radical (unpaired) electrons. The first-order valence-electron chi connectivity index (χ1n) is 7.31. The van der Waals surface area contributed by atoms with Gasteiger partial charge in [0.25, 0.3) is 0 Å². The molecule has 114 valence electrons. The number of urea groups is 1. The summed E-state index contributed by atoms with van der Waals surface area (Å²) in [5, 5.41) is 2.17. The molecule has 1 aliphatic heterocycles. The van der Waals surface area contributed by atoms with E-state index >= 15 is 0 Å². The molecule has 1 aliphatic rings. The Labute approximate surface area is 119 Å². The van der Waals surface area contributed by atoms with Gasteiger partial charge in [0.15, 0.2) is 0 Å². The minimum atomic E-state index is -0.433. The third-order valence-electron chi connectivity index (χ3n) is 3.48. The van der Waals surface area contributed by atoms with Gasteiger partial charge < -0.3 is 9.64 Å². The van der Waals surface area contributed by atoms with Crippen LogP contribution in [0.1, 0.15) is 46.0 Å². The van der Waals surface area contributed by atoms with Crippen LogP contribution in [0.2, 0.25) is 0 Å². The molecule has 6 nitrogen and oxygen atoms in total. The summed E-state index contributed by atoms with van der Waals surface area (Å²) >= 11 is 0. The molecule has 0 aromatic carbocycles. The largest absolute Gasteiger partial charge is 0.465 e. The Hall–Kier alpha value is -1.59. The zero-order valence-electron chi connectivity index (χ0n) is 12.3. The molecule has 1 saturated heterocycles. The maximum absolute atomic E-state index is 11.6. The third kappa shape index (κ3) is 5.59. The molecule has 1 heterocycles. The fourth-order valence-electron chi connectivity index (χ4n) is 2.07. The van der Waals surface area contributed by atoms with Gasteiger partial charge in [-0.05, 0) is 12.3 Å². The molecule has 1 atom stereocenters. The Bertz CT molecular complexity index is 357. The van der Waals surface area contributed by atoms with Gasteiger partial charge in [-0.3, -0.25) is 14.9 Å². The van der Waals surface area contributed by atoms with Gasteiger partial charge in [0, 0.05) is 6.54 Å². The minimum absolute atomic E-state index is 0.0280. The predicted octanol–water partition coefficient (Wildman–Crippen LogP) is 1.69. The summed E-state index contributed by atoms with van der Waals surface area (Å²) in [7, 11) is 0. The number of nitrogens with one attached hydrogen (secondary N) is 1. The van der Waals surface area contributed by atoms with Gasteiger partial charge in [-0.2, -0.15) is 0 Å². The lowest BCUT2D eigenvalue weighted by molar-refractivity contribution is -0.145. The van der Waals surface area contributed by atoms with Gasteiger partial charge in [0.1, 0.15) is 6.54 Å². The van der Waals surface area contributed by atoms with E-state index in [2.05, 4.69) is 19.2 Å². The summed E-state index contributed by atoms with van der Waals surface area (Å²) in [6.07, 6.45) is 4.49. The Morgan fingerprint density at radius 1 is 1.40 bits per heavy atom. The monoisotopic (exact) mass is 284 g/mol. The molecule has 6 heteroatoms. The molecule has 1 N–H and O–H groups in total. The van der Waals surface area contributed by atoms with E-state index in [4.69, 9.17) is 4.74 Å². The molecule has 0 aliphatic carbocycles. The average Bonchev–Trinajstić information content (AvgIpc) is 2.75. The zero-order valence-corrected chi connectivity index (χ0v) is 12.3. The summed E-state index contributed by atoms with van der Waals surface area (Å²) in [6.45, 7) is 4.93. The predicted molar refractivity (Wildman–Crippen MR) is 74.0 cm³/mol. The second-order valence-corrected chi connectivity index (χ2v) is 5.12. The smallest absolute Gasteiger partial charge is 0.324 e. The highest BCUT2D eigenvalue weighted by molar-refractivity contribution is 6.01. The van der Waals surface area contributed by atoms with Crippen molar-refractivity contribution < 1.29 is 19.1 Å². The summed E-state index contributed by atoms with van der Waals surface area (Å²) in [5.74, 6) is -0.225. The van der Waals surface area contributed by atoms with Gasteiger partial charge in [0.05, 0.1) is 13.0 Å². The van der Waals surface area contributed by atoms with E-state index in [9.17, 15) is 14.4 Å². The summed E-state index contributed by atoms with van der Waals surface area (Å²) in [5.41, 5.74) is 0. The van der Waals surface area contributed by atoms with Crippen LogP contribution in [0.25, 0.3) is 0 Å². The van der Waals surface area contributed by atoms with Crippen molar-refractivity contribution in [1.82, 2.24) is 10.2 Å². The lowest BCUT2D eigenvalue weighted by Crippen LogP contribution is -2.30. The molecule has 3 amide bonds. The van der Waals surface area contributed by atoms with E-state index in [1.165, 1.54) is 4.90 Å². The Morgan fingerprint density at radius 2 is 2.15 bits per heavy atom. The Morgan fingerprint density at radius 3 is 2.70 bits per heavy atom. The molecular formula is C14H24N2O4. The number of rotatable bonds is 9. The highest BCUT2D eigenvalue weighted by Crippen LogP contribution is 2.13. The third-order valence-corrected chi connectivity index (χ3v) is 3.48. The van der Waals surface area contributed by atoms with Crippen LogP contribution in [0.5, 0.6) is 0 Å². The number of carbonyl (C=O) groups is 3. The van der Waals surface area contributed by atoms with E-state index in [-0.39, 0.29) is 31.4 Å². The van der Waals surface area contributed by atoms with Gasteiger partial charge in [-0.1, -0.05) is 33.1 Å². The van der Waals surface area contributed by atoms with Crippen LogP contribution >= 0.6 is 0 Å². The second-order valence-electron chi connectivity index (χ2n) is 5.12. The van der Waals surface area contributed by atoms with Gasteiger partial charge >= 0.3 is 12.0 Å². The number of imide groups is 1. The van der Waals surface area contributed by atoms with Gasteiger partial charge in [0.2, 0.25) is 5.91 Å². The highest BCUT2D eigenvalue weighted by atomic mass is 16.5. The fraction of sp³-hybridized carbons (Fsp3) is 0.786. The minimum Gasteiger partial charge on any atom is -0.465 e. The molecule has 1 rings (SSSR count). The maximum atomic E-state index is 11.6. The van der Waals surface area contributed by atoms with E-state index < -0.39 is 6.03 Å². The summed E-state index contributed by atoms with van der Waals surface area (Å²) in [4.78, 5) is 35.2. The number of carbonyl (C=O) groups excluding carboxylic acids is 3. The lowest BCUT2D eigenvalue weighted by atomic mass is 10.0. The molecule has 1 fully saturated rings. The first kappa shape index (κ1) is 16.5. The van der Waals surface area contributed by atoms with Crippen LogP contribution in [-0.2, 0) is 14.3 Å². The zero-order chi connectivity index (χ0) is 15.0. The molecule has 1 unspecified atom stereocenters. The van der Waals surface area contributed by atoms with Crippen LogP contribution in [0.3, 0.4) is 0 Å². The van der Waals surface area contributed by atoms with Crippen molar-refractivity contribution >= 4 is 17.9 Å². The van der Waals surface area contributed by atoms with Crippen molar-refractivity contribution in [2.24, 2.45) is 5.92 Å². The fourth-order valence-corrected chi connectivity index (χ4v) is 2.07. The van der Waals surface area contributed by atoms with Gasteiger partial charge in [-0.25, -0.2) is 4.79 Å². The van der Waals surface area contributed by atoms with Crippen LogP contribution in [0.15, 0.2) is 0 Å². The molecule has 0 spiro atoms. The molecule has 0 aromatic rings. The van der Waals surface area contributed by atoms with Crippen molar-refractivity contribution in [3.8, 4) is 0 Å². The first-order chi connectivity index (χ1) is 9.56. The Kier molecular flexibility index (Phi) is 7.04. The average molecular weight is 284 g/mol. The molecule has 20 heavy (non-hydrogen) atoms. The SMILES string of the molecule is CCCCC(CC)COC(=O)CCN1CC(=O)NC1=O.